The third kappa shape index (κ3) is 2.86. The highest BCUT2D eigenvalue weighted by molar-refractivity contribution is 5.94. The van der Waals surface area contributed by atoms with E-state index in [1.165, 1.54) is 6.07 Å². The third-order valence-corrected chi connectivity index (χ3v) is 3.10. The van der Waals surface area contributed by atoms with Crippen LogP contribution in [0.4, 0.5) is 10.1 Å². The van der Waals surface area contributed by atoms with Gasteiger partial charge < -0.3 is 15.8 Å². The number of anilines is 1. The van der Waals surface area contributed by atoms with Gasteiger partial charge in [0.15, 0.2) is 0 Å². The zero-order valence-electron chi connectivity index (χ0n) is 10.3. The molecule has 1 fully saturated rings. The van der Waals surface area contributed by atoms with Gasteiger partial charge in [-0.2, -0.15) is 0 Å². The second kappa shape index (κ2) is 5.46. The zero-order chi connectivity index (χ0) is 13.1. The highest BCUT2D eigenvalue weighted by atomic mass is 19.1. The monoisotopic (exact) mass is 252 g/mol. The van der Waals surface area contributed by atoms with Crippen molar-refractivity contribution in [1.82, 2.24) is 0 Å². The Labute approximate surface area is 105 Å². The van der Waals surface area contributed by atoms with Gasteiger partial charge in [0.05, 0.1) is 6.10 Å². The predicted octanol–water partition coefficient (Wildman–Crippen LogP) is 1.58. The van der Waals surface area contributed by atoms with Gasteiger partial charge >= 0.3 is 0 Å². The van der Waals surface area contributed by atoms with Gasteiger partial charge in [0.2, 0.25) is 0 Å². The Kier molecular flexibility index (Phi) is 3.93. The van der Waals surface area contributed by atoms with E-state index in [9.17, 15) is 9.18 Å². The Morgan fingerprint density at radius 1 is 1.56 bits per heavy atom. The van der Waals surface area contributed by atoms with Crippen LogP contribution in [-0.4, -0.2) is 24.7 Å². The second-order valence-electron chi connectivity index (χ2n) is 4.51. The maximum atomic E-state index is 13.3. The molecule has 0 aliphatic carbocycles. The number of nitrogens with two attached hydrogens (primary N) is 1. The first-order chi connectivity index (χ1) is 8.60. The van der Waals surface area contributed by atoms with Gasteiger partial charge in [-0.25, -0.2) is 4.39 Å². The lowest BCUT2D eigenvalue weighted by Crippen LogP contribution is -2.29. The Morgan fingerprint density at radius 2 is 2.33 bits per heavy atom. The van der Waals surface area contributed by atoms with Crippen LogP contribution < -0.4 is 11.1 Å². The molecule has 1 aromatic carbocycles. The molecule has 98 valence electrons. The Morgan fingerprint density at radius 3 is 2.94 bits per heavy atom. The van der Waals surface area contributed by atoms with Crippen molar-refractivity contribution in [2.45, 2.75) is 32.0 Å². The van der Waals surface area contributed by atoms with Crippen LogP contribution in [0.2, 0.25) is 0 Å². The van der Waals surface area contributed by atoms with Gasteiger partial charge in [-0.1, -0.05) is 6.07 Å². The van der Waals surface area contributed by atoms with Crippen LogP contribution in [0.5, 0.6) is 0 Å². The van der Waals surface area contributed by atoms with Crippen molar-refractivity contribution in [2.24, 2.45) is 5.73 Å². The lowest BCUT2D eigenvalue weighted by molar-refractivity contribution is -0.126. The maximum Gasteiger partial charge on any atom is 0.253 e. The Balaban J connectivity index is 1.97. The molecule has 1 aliphatic rings. The van der Waals surface area contributed by atoms with Crippen molar-refractivity contribution < 1.29 is 13.9 Å². The topological polar surface area (TPSA) is 64.4 Å². The van der Waals surface area contributed by atoms with Gasteiger partial charge in [0.25, 0.3) is 5.91 Å². The van der Waals surface area contributed by atoms with E-state index in [1.54, 1.807) is 19.1 Å². The lowest BCUT2D eigenvalue weighted by Gasteiger charge is -2.13. The Hall–Kier alpha value is -1.46. The highest BCUT2D eigenvalue weighted by Gasteiger charge is 2.29. The molecule has 2 unspecified atom stereocenters. The molecule has 5 heteroatoms. The smallest absolute Gasteiger partial charge is 0.253 e. The molecule has 0 bridgehead atoms. The van der Waals surface area contributed by atoms with E-state index >= 15 is 0 Å². The van der Waals surface area contributed by atoms with Crippen molar-refractivity contribution in [2.75, 3.05) is 11.9 Å². The lowest BCUT2D eigenvalue weighted by atomic mass is 10.1. The normalized spacial score (nSPS) is 23.1. The number of rotatable bonds is 3. The molecule has 2 rings (SSSR count). The maximum absolute atomic E-state index is 13.3. The molecule has 1 aromatic rings. The minimum Gasteiger partial charge on any atom is -0.364 e. The van der Waals surface area contributed by atoms with Crippen LogP contribution >= 0.6 is 0 Å². The summed E-state index contributed by atoms with van der Waals surface area (Å²) in [4.78, 5) is 11.9. The van der Waals surface area contributed by atoms with E-state index in [0.29, 0.717) is 24.2 Å². The van der Waals surface area contributed by atoms with Gasteiger partial charge in [0, 0.05) is 12.2 Å². The van der Waals surface area contributed by atoms with E-state index in [0.717, 1.165) is 6.42 Å². The largest absolute Gasteiger partial charge is 0.364 e. The van der Waals surface area contributed by atoms with Gasteiger partial charge in [-0.15, -0.1) is 0 Å². The fraction of sp³-hybridized carbons (Fsp3) is 0.462. The second-order valence-corrected chi connectivity index (χ2v) is 4.51. The quantitative estimate of drug-likeness (QED) is 0.858. The van der Waals surface area contributed by atoms with Crippen molar-refractivity contribution in [3.05, 3.63) is 29.6 Å². The number of ether oxygens (including phenoxy) is 1. The zero-order valence-corrected chi connectivity index (χ0v) is 10.3. The predicted molar refractivity (Wildman–Crippen MR) is 66.7 cm³/mol. The summed E-state index contributed by atoms with van der Waals surface area (Å²) in [7, 11) is 0. The summed E-state index contributed by atoms with van der Waals surface area (Å²) in [5.41, 5.74) is 6.48. The first-order valence-electron chi connectivity index (χ1n) is 6.02. The number of benzene rings is 1. The number of carbonyl (C=O) groups excluding carboxylic acids is 1. The number of halogens is 1. The molecule has 4 nitrogen and oxygen atoms in total. The van der Waals surface area contributed by atoms with E-state index in [-0.39, 0.29) is 17.8 Å². The minimum absolute atomic E-state index is 0.0458. The summed E-state index contributed by atoms with van der Waals surface area (Å²) in [5, 5.41) is 2.65. The molecule has 1 saturated heterocycles. The molecule has 1 heterocycles. The molecule has 0 saturated carbocycles. The van der Waals surface area contributed by atoms with E-state index in [2.05, 4.69) is 5.32 Å². The molecule has 0 radical (unpaired) electrons. The van der Waals surface area contributed by atoms with Crippen LogP contribution in [0.3, 0.4) is 0 Å². The summed E-state index contributed by atoms with van der Waals surface area (Å²) in [6.07, 6.45) is 0.914. The van der Waals surface area contributed by atoms with Crippen LogP contribution in [0.25, 0.3) is 0 Å². The van der Waals surface area contributed by atoms with Crippen LogP contribution in [0.1, 0.15) is 18.4 Å². The fourth-order valence-electron chi connectivity index (χ4n) is 1.97. The summed E-state index contributed by atoms with van der Waals surface area (Å²) in [5.74, 6) is -0.575. The molecular formula is C13H17FN2O2. The Bertz CT molecular complexity index is 451. The van der Waals surface area contributed by atoms with Crippen molar-refractivity contribution >= 4 is 11.6 Å². The van der Waals surface area contributed by atoms with Crippen molar-refractivity contribution in [1.29, 1.82) is 0 Å². The first-order valence-corrected chi connectivity index (χ1v) is 6.02. The number of carbonyl (C=O) groups is 1. The third-order valence-electron chi connectivity index (χ3n) is 3.10. The number of amides is 1. The van der Waals surface area contributed by atoms with Crippen LogP contribution in [0.15, 0.2) is 18.2 Å². The molecule has 0 aromatic heterocycles. The average Bonchev–Trinajstić information content (AvgIpc) is 2.82. The average molecular weight is 252 g/mol. The molecular weight excluding hydrogens is 235 g/mol. The van der Waals surface area contributed by atoms with Gasteiger partial charge in [0.1, 0.15) is 11.9 Å². The van der Waals surface area contributed by atoms with Crippen LogP contribution in [0, 0.1) is 12.7 Å². The summed E-state index contributed by atoms with van der Waals surface area (Å²) < 4.78 is 18.8. The van der Waals surface area contributed by atoms with E-state index in [4.69, 9.17) is 10.5 Å². The first kappa shape index (κ1) is 13.0. The van der Waals surface area contributed by atoms with E-state index in [1.807, 2.05) is 0 Å². The molecule has 2 atom stereocenters. The number of hydrogen-bond acceptors (Lipinski definition) is 3. The number of hydrogen-bond donors (Lipinski definition) is 2. The standard InChI is InChI=1S/C13H17FN2O2/c1-8-2-3-9(6-11(8)14)16-13(17)12-5-4-10(7-15)18-12/h2-3,6,10,12H,4-5,7,15H2,1H3,(H,16,17). The van der Waals surface area contributed by atoms with Crippen molar-refractivity contribution in [3.8, 4) is 0 Å². The molecule has 1 aliphatic heterocycles. The SMILES string of the molecule is Cc1ccc(NC(=O)C2CCC(CN)O2)cc1F. The molecule has 3 N–H and O–H groups in total. The molecule has 0 spiro atoms. The molecule has 18 heavy (non-hydrogen) atoms. The van der Waals surface area contributed by atoms with Gasteiger partial charge in [-0.05, 0) is 37.5 Å². The number of nitrogens with one attached hydrogen (secondary N) is 1. The van der Waals surface area contributed by atoms with E-state index < -0.39 is 6.10 Å². The highest BCUT2D eigenvalue weighted by Crippen LogP contribution is 2.21. The van der Waals surface area contributed by atoms with Gasteiger partial charge in [-0.3, -0.25) is 4.79 Å². The molecule has 1 amide bonds. The number of aryl methyl sites for hydroxylation is 1. The van der Waals surface area contributed by atoms with Crippen LogP contribution in [-0.2, 0) is 9.53 Å². The summed E-state index contributed by atoms with van der Waals surface area (Å²) in [6, 6.07) is 4.61. The minimum atomic E-state index is -0.483. The fourth-order valence-corrected chi connectivity index (χ4v) is 1.97. The summed E-state index contributed by atoms with van der Waals surface area (Å²) >= 11 is 0. The van der Waals surface area contributed by atoms with Crippen molar-refractivity contribution in [3.63, 3.8) is 0 Å². The summed E-state index contributed by atoms with van der Waals surface area (Å²) in [6.45, 7) is 2.09.